The van der Waals surface area contributed by atoms with Crippen LogP contribution >= 0.6 is 0 Å². The van der Waals surface area contributed by atoms with Gasteiger partial charge in [-0.3, -0.25) is 4.79 Å². The molecule has 0 unspecified atom stereocenters. The second kappa shape index (κ2) is 1.82. The van der Waals surface area contributed by atoms with Crippen molar-refractivity contribution >= 4 is 14.4 Å². The smallest absolute Gasteiger partial charge is 0.220 e. The van der Waals surface area contributed by atoms with E-state index in [2.05, 4.69) is 0 Å². The number of amides is 1. The zero-order chi connectivity index (χ0) is 4.28. The van der Waals surface area contributed by atoms with Crippen molar-refractivity contribution in [1.82, 2.24) is 4.81 Å². The largest absolute Gasteiger partial charge is 0.399 e. The predicted octanol–water partition coefficient (Wildman–Crippen LogP) is -1.38. The van der Waals surface area contributed by atoms with Gasteiger partial charge >= 0.3 is 0 Å². The third-order valence-corrected chi connectivity index (χ3v) is 0.211. The number of carbonyl (C=O) groups excluding carboxylic acids is 1. The monoisotopic (exact) mass is 71.1 g/mol. The van der Waals surface area contributed by atoms with Crippen molar-refractivity contribution in [2.45, 2.75) is 0 Å². The Morgan fingerprint density at radius 2 is 2.20 bits per heavy atom. The van der Waals surface area contributed by atoms with Crippen molar-refractivity contribution in [1.29, 1.82) is 0 Å². The SMILES string of the molecule is BN(C)C=O. The number of carbonyl (C=O) groups is 1. The summed E-state index contributed by atoms with van der Waals surface area (Å²) in [6.07, 6.45) is 0.750. The molecule has 0 aliphatic heterocycles. The Labute approximate surface area is 32.2 Å². The van der Waals surface area contributed by atoms with E-state index in [-0.39, 0.29) is 0 Å². The summed E-state index contributed by atoms with van der Waals surface area (Å²) in [5.41, 5.74) is 0. The van der Waals surface area contributed by atoms with Gasteiger partial charge in [0, 0.05) is 0 Å². The van der Waals surface area contributed by atoms with Gasteiger partial charge in [-0.15, -0.1) is 0 Å². The molecule has 0 aromatic carbocycles. The molecule has 2 nitrogen and oxygen atoms in total. The molecule has 0 saturated carbocycles. The van der Waals surface area contributed by atoms with Crippen LogP contribution in [0.25, 0.3) is 0 Å². The summed E-state index contributed by atoms with van der Waals surface area (Å²) in [5.74, 6) is 0. The third-order valence-electron chi connectivity index (χ3n) is 0.211. The Kier molecular flexibility index (Phi) is 1.65. The van der Waals surface area contributed by atoms with E-state index in [9.17, 15) is 4.79 Å². The minimum atomic E-state index is 0.750. The summed E-state index contributed by atoms with van der Waals surface area (Å²) >= 11 is 0. The van der Waals surface area contributed by atoms with Crippen LogP contribution < -0.4 is 0 Å². The van der Waals surface area contributed by atoms with Crippen molar-refractivity contribution in [2.24, 2.45) is 0 Å². The van der Waals surface area contributed by atoms with E-state index in [0.717, 1.165) is 6.41 Å². The Morgan fingerprint density at radius 3 is 2.20 bits per heavy atom. The first-order valence-corrected chi connectivity index (χ1v) is 1.39. The first-order valence-electron chi connectivity index (χ1n) is 1.39. The predicted molar refractivity (Wildman–Crippen MR) is 22.4 cm³/mol. The molecular weight excluding hydrogens is 64.8 g/mol. The average molecular weight is 70.9 g/mol. The van der Waals surface area contributed by atoms with Crippen LogP contribution in [0.15, 0.2) is 0 Å². The van der Waals surface area contributed by atoms with Gasteiger partial charge in [-0.05, 0) is 7.05 Å². The number of nitrogens with zero attached hydrogens (tertiary/aromatic N) is 1. The molecule has 0 aromatic rings. The average Bonchev–Trinajstić information content (AvgIpc) is 1.38. The maximum atomic E-state index is 9.43. The molecule has 0 heterocycles. The normalized spacial score (nSPS) is 6.60. The van der Waals surface area contributed by atoms with E-state index in [0.29, 0.717) is 0 Å². The molecule has 0 radical (unpaired) electrons. The summed E-state index contributed by atoms with van der Waals surface area (Å²) < 4.78 is 0. The molecular formula is C2H6BNO. The van der Waals surface area contributed by atoms with Crippen molar-refractivity contribution in [3.63, 3.8) is 0 Å². The lowest BCUT2D eigenvalue weighted by Crippen LogP contribution is -2.08. The number of hydrogen-bond donors (Lipinski definition) is 0. The lowest BCUT2D eigenvalue weighted by Gasteiger charge is -1.93. The molecule has 1 amide bonds. The van der Waals surface area contributed by atoms with Crippen LogP contribution in [0.1, 0.15) is 0 Å². The topological polar surface area (TPSA) is 20.3 Å². The third kappa shape index (κ3) is 3.53. The van der Waals surface area contributed by atoms with E-state index in [1.807, 2.05) is 0 Å². The highest BCUT2D eigenvalue weighted by Crippen LogP contribution is 1.49. The van der Waals surface area contributed by atoms with Gasteiger partial charge in [0.1, 0.15) is 0 Å². The molecule has 0 saturated heterocycles. The first-order chi connectivity index (χ1) is 2.27. The highest BCUT2D eigenvalue weighted by Gasteiger charge is 1.69. The number of hydrogen-bond acceptors (Lipinski definition) is 1. The van der Waals surface area contributed by atoms with Crippen LogP contribution in [0.4, 0.5) is 0 Å². The molecule has 0 aliphatic carbocycles. The molecule has 5 heavy (non-hydrogen) atoms. The summed E-state index contributed by atoms with van der Waals surface area (Å²) in [7, 11) is 3.38. The van der Waals surface area contributed by atoms with Crippen LogP contribution in [-0.4, -0.2) is 26.2 Å². The molecule has 3 heteroatoms. The molecule has 0 atom stereocenters. The Hall–Kier alpha value is -0.465. The van der Waals surface area contributed by atoms with Gasteiger partial charge in [0.15, 0.2) is 6.41 Å². The summed E-state index contributed by atoms with van der Waals surface area (Å²) in [5, 5.41) is 0. The summed E-state index contributed by atoms with van der Waals surface area (Å²) in [6.45, 7) is 0. The molecule has 0 bridgehead atoms. The van der Waals surface area contributed by atoms with Crippen LogP contribution in [-0.2, 0) is 4.79 Å². The first kappa shape index (κ1) is 4.53. The van der Waals surface area contributed by atoms with Crippen molar-refractivity contribution in [3.8, 4) is 0 Å². The molecule has 28 valence electrons. The van der Waals surface area contributed by atoms with Crippen molar-refractivity contribution in [2.75, 3.05) is 7.05 Å². The van der Waals surface area contributed by atoms with E-state index in [1.165, 1.54) is 4.81 Å². The molecule has 0 rings (SSSR count). The van der Waals surface area contributed by atoms with Gasteiger partial charge in [-0.1, -0.05) is 0 Å². The van der Waals surface area contributed by atoms with Gasteiger partial charge in [-0.25, -0.2) is 0 Å². The minimum Gasteiger partial charge on any atom is -0.399 e. The van der Waals surface area contributed by atoms with E-state index >= 15 is 0 Å². The molecule has 0 aliphatic rings. The van der Waals surface area contributed by atoms with E-state index in [1.54, 1.807) is 15.0 Å². The standard InChI is InChI=1S/C2H6BNO/c1-4(3)2-5/h2H,3H2,1H3. The van der Waals surface area contributed by atoms with Gasteiger partial charge in [0.2, 0.25) is 7.98 Å². The second-order valence-electron chi connectivity index (χ2n) is 1.07. The fourth-order valence-electron chi connectivity index (χ4n) is 0. The maximum absolute atomic E-state index is 9.43. The van der Waals surface area contributed by atoms with Crippen LogP contribution in [0.5, 0.6) is 0 Å². The molecule has 0 fully saturated rings. The summed E-state index contributed by atoms with van der Waals surface area (Å²) in [4.78, 5) is 10.9. The minimum absolute atomic E-state index is 0.750. The second-order valence-corrected chi connectivity index (χ2v) is 1.07. The quantitative estimate of drug-likeness (QED) is 0.275. The van der Waals surface area contributed by atoms with E-state index in [4.69, 9.17) is 0 Å². The Morgan fingerprint density at radius 1 is 2.00 bits per heavy atom. The lowest BCUT2D eigenvalue weighted by atomic mass is 10.4. The maximum Gasteiger partial charge on any atom is 0.220 e. The van der Waals surface area contributed by atoms with Crippen molar-refractivity contribution < 1.29 is 4.79 Å². The van der Waals surface area contributed by atoms with Crippen molar-refractivity contribution in [3.05, 3.63) is 0 Å². The van der Waals surface area contributed by atoms with Crippen LogP contribution in [0.3, 0.4) is 0 Å². The summed E-state index contributed by atoms with van der Waals surface area (Å²) in [6, 6.07) is 0. The van der Waals surface area contributed by atoms with Gasteiger partial charge in [0.05, 0.1) is 0 Å². The zero-order valence-electron chi connectivity index (χ0n) is 3.43. The lowest BCUT2D eigenvalue weighted by molar-refractivity contribution is -0.113. The van der Waals surface area contributed by atoms with E-state index < -0.39 is 0 Å². The Bertz CT molecular complexity index is 36.6. The Balaban J connectivity index is 2.83. The molecule has 0 N–H and O–H groups in total. The fraction of sp³-hybridized carbons (Fsp3) is 0.500. The number of rotatable bonds is 1. The van der Waals surface area contributed by atoms with Gasteiger partial charge in [0.25, 0.3) is 0 Å². The zero-order valence-corrected chi connectivity index (χ0v) is 3.43. The highest BCUT2D eigenvalue weighted by molar-refractivity contribution is 6.09. The fourth-order valence-corrected chi connectivity index (χ4v) is 0. The molecule has 0 aromatic heterocycles. The van der Waals surface area contributed by atoms with Gasteiger partial charge < -0.3 is 4.81 Å². The van der Waals surface area contributed by atoms with Crippen LogP contribution in [0.2, 0.25) is 0 Å². The van der Waals surface area contributed by atoms with Gasteiger partial charge in [-0.2, -0.15) is 0 Å². The highest BCUT2D eigenvalue weighted by atomic mass is 16.1. The molecule has 0 spiro atoms. The van der Waals surface area contributed by atoms with Crippen LogP contribution in [0, 0.1) is 0 Å².